The van der Waals surface area contributed by atoms with Crippen LogP contribution in [0, 0.1) is 0 Å². The van der Waals surface area contributed by atoms with Crippen LogP contribution in [-0.2, 0) is 0 Å². The van der Waals surface area contributed by atoms with Gasteiger partial charge in [-0.15, -0.1) is 0 Å². The van der Waals surface area contributed by atoms with E-state index in [0.717, 1.165) is 10.9 Å². The molecule has 0 amide bonds. The highest BCUT2D eigenvalue weighted by Crippen LogP contribution is 2.20. The molecular weight excluding hydrogens is 214 g/mol. The number of aromatic nitrogens is 1. The molecule has 0 unspecified atom stereocenters. The van der Waals surface area contributed by atoms with Gasteiger partial charge in [-0.05, 0) is 17.5 Å². The molecule has 2 aromatic heterocycles. The van der Waals surface area contributed by atoms with Gasteiger partial charge in [0, 0.05) is 18.0 Å². The van der Waals surface area contributed by atoms with Crippen molar-refractivity contribution in [1.29, 1.82) is 0 Å². The van der Waals surface area contributed by atoms with Crippen LogP contribution in [0.15, 0.2) is 64.1 Å². The maximum Gasteiger partial charge on any atom is 0.345 e. The zero-order valence-electron chi connectivity index (χ0n) is 8.96. The lowest BCUT2D eigenvalue weighted by molar-refractivity contribution is 0.534. The van der Waals surface area contributed by atoms with Crippen molar-refractivity contribution in [2.45, 2.75) is 0 Å². The number of hydrogen-bond acceptors (Lipinski definition) is 3. The Bertz CT molecular complexity index is 717. The van der Waals surface area contributed by atoms with Gasteiger partial charge in [0.05, 0.1) is 5.39 Å². The molecule has 0 saturated heterocycles. The first-order valence-corrected chi connectivity index (χ1v) is 5.28. The Kier molecular flexibility index (Phi) is 2.22. The van der Waals surface area contributed by atoms with Gasteiger partial charge in [0.15, 0.2) is 0 Å². The van der Waals surface area contributed by atoms with E-state index in [4.69, 9.17) is 4.42 Å². The number of nitrogens with zero attached hydrogens (tertiary/aromatic N) is 1. The van der Waals surface area contributed by atoms with Gasteiger partial charge >= 0.3 is 5.63 Å². The lowest BCUT2D eigenvalue weighted by Gasteiger charge is -2.01. The molecule has 0 aliphatic heterocycles. The Balaban J connectivity index is 2.30. The Hall–Kier alpha value is -2.42. The van der Waals surface area contributed by atoms with Gasteiger partial charge in [-0.2, -0.15) is 0 Å². The molecule has 3 heteroatoms. The van der Waals surface area contributed by atoms with Crippen LogP contribution in [0.4, 0.5) is 0 Å². The van der Waals surface area contributed by atoms with Crippen molar-refractivity contribution in [3.8, 4) is 11.3 Å². The van der Waals surface area contributed by atoms with Gasteiger partial charge < -0.3 is 4.42 Å². The van der Waals surface area contributed by atoms with Crippen molar-refractivity contribution < 1.29 is 4.42 Å². The monoisotopic (exact) mass is 223 g/mol. The van der Waals surface area contributed by atoms with Crippen molar-refractivity contribution in [3.05, 3.63) is 65.3 Å². The van der Waals surface area contributed by atoms with E-state index >= 15 is 0 Å². The predicted octanol–water partition coefficient (Wildman–Crippen LogP) is 2.86. The third kappa shape index (κ3) is 1.72. The Morgan fingerprint density at radius 1 is 1.06 bits per heavy atom. The van der Waals surface area contributed by atoms with Crippen LogP contribution < -0.4 is 5.63 Å². The first-order valence-electron chi connectivity index (χ1n) is 5.28. The molecule has 3 rings (SSSR count). The van der Waals surface area contributed by atoms with Crippen molar-refractivity contribution in [3.63, 3.8) is 0 Å². The Morgan fingerprint density at radius 2 is 1.88 bits per heavy atom. The van der Waals surface area contributed by atoms with E-state index in [1.807, 2.05) is 36.4 Å². The normalized spacial score (nSPS) is 10.6. The molecule has 0 spiro atoms. The van der Waals surface area contributed by atoms with Crippen molar-refractivity contribution in [1.82, 2.24) is 4.98 Å². The smallest absolute Gasteiger partial charge is 0.345 e. The van der Waals surface area contributed by atoms with Gasteiger partial charge in [-0.3, -0.25) is 4.98 Å². The number of hydrogen-bond donors (Lipinski definition) is 0. The fourth-order valence-corrected chi connectivity index (χ4v) is 1.77. The zero-order valence-corrected chi connectivity index (χ0v) is 8.96. The second-order valence-electron chi connectivity index (χ2n) is 3.73. The molecule has 0 radical (unpaired) electrons. The third-order valence-corrected chi connectivity index (χ3v) is 2.62. The van der Waals surface area contributed by atoms with Gasteiger partial charge in [0.2, 0.25) is 0 Å². The summed E-state index contributed by atoms with van der Waals surface area (Å²) in [7, 11) is 0. The molecule has 0 bridgehead atoms. The fourth-order valence-electron chi connectivity index (χ4n) is 1.77. The van der Waals surface area contributed by atoms with E-state index in [0.29, 0.717) is 11.1 Å². The average Bonchev–Trinajstić information content (AvgIpc) is 2.40. The lowest BCUT2D eigenvalue weighted by Crippen LogP contribution is -2.00. The van der Waals surface area contributed by atoms with Crippen molar-refractivity contribution in [2.24, 2.45) is 0 Å². The molecule has 17 heavy (non-hydrogen) atoms. The number of rotatable bonds is 1. The first kappa shape index (κ1) is 9.78. The quantitative estimate of drug-likeness (QED) is 0.637. The van der Waals surface area contributed by atoms with Gasteiger partial charge in [0.1, 0.15) is 5.76 Å². The number of pyridine rings is 1. The first-order chi connectivity index (χ1) is 8.34. The second kappa shape index (κ2) is 3.87. The maximum absolute atomic E-state index is 11.8. The molecule has 0 fully saturated rings. The second-order valence-corrected chi connectivity index (χ2v) is 3.73. The minimum atomic E-state index is -0.352. The molecule has 0 N–H and O–H groups in total. The molecule has 0 saturated carbocycles. The number of fused-ring (bicyclic) bond motifs is 1. The zero-order chi connectivity index (χ0) is 11.7. The van der Waals surface area contributed by atoms with Crippen LogP contribution in [0.2, 0.25) is 0 Å². The van der Waals surface area contributed by atoms with E-state index in [9.17, 15) is 4.79 Å². The summed E-state index contributed by atoms with van der Waals surface area (Å²) in [5.41, 5.74) is 0.540. The highest BCUT2D eigenvalue weighted by atomic mass is 16.4. The predicted molar refractivity (Wildman–Crippen MR) is 65.7 cm³/mol. The summed E-state index contributed by atoms with van der Waals surface area (Å²) in [5.74, 6) is 0.578. The average molecular weight is 223 g/mol. The SMILES string of the molecule is O=c1oc(-c2ccccc2)cc2ccncc12. The molecule has 0 aliphatic carbocycles. The van der Waals surface area contributed by atoms with Gasteiger partial charge in [-0.1, -0.05) is 30.3 Å². The standard InChI is InChI=1S/C14H9NO2/c16-14-12-9-15-7-6-11(12)8-13(17-14)10-4-2-1-3-5-10/h1-9H. The Morgan fingerprint density at radius 3 is 2.71 bits per heavy atom. The minimum absolute atomic E-state index is 0.352. The molecule has 0 aliphatic rings. The van der Waals surface area contributed by atoms with Crippen LogP contribution in [0.5, 0.6) is 0 Å². The van der Waals surface area contributed by atoms with E-state index in [2.05, 4.69) is 4.98 Å². The van der Waals surface area contributed by atoms with E-state index < -0.39 is 0 Å². The van der Waals surface area contributed by atoms with Crippen molar-refractivity contribution in [2.75, 3.05) is 0 Å². The molecule has 0 atom stereocenters. The van der Waals surface area contributed by atoms with E-state index in [-0.39, 0.29) is 5.63 Å². The molecule has 3 nitrogen and oxygen atoms in total. The maximum atomic E-state index is 11.8. The summed E-state index contributed by atoms with van der Waals surface area (Å²) >= 11 is 0. The van der Waals surface area contributed by atoms with Crippen LogP contribution in [0.3, 0.4) is 0 Å². The highest BCUT2D eigenvalue weighted by molar-refractivity contribution is 5.83. The molecule has 82 valence electrons. The highest BCUT2D eigenvalue weighted by Gasteiger charge is 2.05. The van der Waals surface area contributed by atoms with Gasteiger partial charge in [-0.25, -0.2) is 4.79 Å². The van der Waals surface area contributed by atoms with Gasteiger partial charge in [0.25, 0.3) is 0 Å². The molecule has 3 aromatic rings. The number of benzene rings is 1. The van der Waals surface area contributed by atoms with Crippen LogP contribution >= 0.6 is 0 Å². The summed E-state index contributed by atoms with van der Waals surface area (Å²) in [6.07, 6.45) is 3.19. The minimum Gasteiger partial charge on any atom is -0.422 e. The summed E-state index contributed by atoms with van der Waals surface area (Å²) in [4.78, 5) is 15.7. The Labute approximate surface area is 97.4 Å². The van der Waals surface area contributed by atoms with E-state index in [1.54, 1.807) is 12.3 Å². The molecule has 2 heterocycles. The van der Waals surface area contributed by atoms with Crippen LogP contribution in [0.25, 0.3) is 22.1 Å². The summed E-state index contributed by atoms with van der Waals surface area (Å²) in [6, 6.07) is 13.2. The van der Waals surface area contributed by atoms with E-state index in [1.165, 1.54) is 6.20 Å². The summed E-state index contributed by atoms with van der Waals surface area (Å²) in [5, 5.41) is 1.35. The van der Waals surface area contributed by atoms with Crippen molar-refractivity contribution >= 4 is 10.8 Å². The fraction of sp³-hybridized carbons (Fsp3) is 0. The molecular formula is C14H9NO2. The topological polar surface area (TPSA) is 43.1 Å². The largest absolute Gasteiger partial charge is 0.422 e. The lowest BCUT2D eigenvalue weighted by atomic mass is 10.1. The molecule has 1 aromatic carbocycles. The van der Waals surface area contributed by atoms with Crippen LogP contribution in [0.1, 0.15) is 0 Å². The summed E-state index contributed by atoms with van der Waals surface area (Å²) in [6.45, 7) is 0. The summed E-state index contributed by atoms with van der Waals surface area (Å²) < 4.78 is 5.28. The van der Waals surface area contributed by atoms with Crippen LogP contribution in [-0.4, -0.2) is 4.98 Å². The third-order valence-electron chi connectivity index (χ3n) is 2.62.